The fourth-order valence-electron chi connectivity index (χ4n) is 1.93. The molecule has 0 amide bonds. The second-order valence-electron chi connectivity index (χ2n) is 4.28. The second kappa shape index (κ2) is 6.69. The van der Waals surface area contributed by atoms with Gasteiger partial charge < -0.3 is 0 Å². The van der Waals surface area contributed by atoms with Crippen LogP contribution in [0.4, 0.5) is 0 Å². The van der Waals surface area contributed by atoms with Gasteiger partial charge in [-0.1, -0.05) is 34.3 Å². The van der Waals surface area contributed by atoms with Gasteiger partial charge in [0.2, 0.25) is 0 Å². The van der Waals surface area contributed by atoms with Crippen LogP contribution in [0.25, 0.3) is 15.8 Å². The van der Waals surface area contributed by atoms with Crippen LogP contribution >= 0.6 is 11.3 Å². The van der Waals surface area contributed by atoms with Gasteiger partial charge in [0.25, 0.3) is 0 Å². The number of hydrogen-bond acceptors (Lipinski definition) is 2. The lowest BCUT2D eigenvalue weighted by Crippen LogP contribution is -1.94. The number of rotatable bonds is 3. The van der Waals surface area contributed by atoms with Gasteiger partial charge in [-0.2, -0.15) is 0 Å². The Morgan fingerprint density at radius 2 is 2.11 bits per heavy atom. The average Bonchev–Trinajstić information content (AvgIpc) is 2.79. The zero-order valence-electron chi connectivity index (χ0n) is 12.1. The molecule has 1 nitrogen and oxygen atoms in total. The maximum Gasteiger partial charge on any atom is 0.0850 e. The molecule has 0 aliphatic carbocycles. The van der Waals surface area contributed by atoms with E-state index in [0.717, 1.165) is 12.0 Å². The van der Waals surface area contributed by atoms with E-state index in [-0.39, 0.29) is 0 Å². The molecular weight excluding hydrogens is 238 g/mol. The summed E-state index contributed by atoms with van der Waals surface area (Å²) < 4.78 is 1.27. The Morgan fingerprint density at radius 1 is 1.44 bits per heavy atom. The van der Waals surface area contributed by atoms with E-state index in [1.807, 2.05) is 37.4 Å². The summed E-state index contributed by atoms with van der Waals surface area (Å²) in [6.07, 6.45) is 3.02. The van der Waals surface area contributed by atoms with Crippen LogP contribution in [0, 0.1) is 0 Å². The van der Waals surface area contributed by atoms with Crippen molar-refractivity contribution in [1.29, 1.82) is 0 Å². The van der Waals surface area contributed by atoms with Crippen LogP contribution in [0.15, 0.2) is 24.9 Å². The van der Waals surface area contributed by atoms with Crippen LogP contribution < -0.4 is 0 Å². The van der Waals surface area contributed by atoms with Crippen LogP contribution in [-0.4, -0.2) is 4.98 Å². The molecule has 2 aromatic rings. The summed E-state index contributed by atoms with van der Waals surface area (Å²) >= 11 is 1.81. The van der Waals surface area contributed by atoms with Crippen LogP contribution in [0.2, 0.25) is 0 Å². The predicted molar refractivity (Wildman–Crippen MR) is 84.4 cm³/mol. The molecule has 0 bridgehead atoms. The van der Waals surface area contributed by atoms with Crippen molar-refractivity contribution in [3.8, 4) is 0 Å². The molecule has 2 heteroatoms. The molecule has 2 heterocycles. The van der Waals surface area contributed by atoms with Crippen LogP contribution in [0.3, 0.4) is 0 Å². The quantitative estimate of drug-likeness (QED) is 0.673. The normalized spacial score (nSPS) is 11.8. The van der Waals surface area contributed by atoms with Crippen LogP contribution in [0.5, 0.6) is 0 Å². The van der Waals surface area contributed by atoms with Crippen LogP contribution in [-0.2, 0) is 0 Å². The zero-order valence-corrected chi connectivity index (χ0v) is 12.9. The van der Waals surface area contributed by atoms with Crippen molar-refractivity contribution in [3.63, 3.8) is 0 Å². The first-order valence-corrected chi connectivity index (χ1v) is 7.50. The van der Waals surface area contributed by atoms with Gasteiger partial charge in [-0.25, -0.2) is 0 Å². The monoisotopic (exact) mass is 261 g/mol. The molecule has 98 valence electrons. The highest BCUT2D eigenvalue weighted by Gasteiger charge is 2.17. The van der Waals surface area contributed by atoms with Gasteiger partial charge in [-0.3, -0.25) is 4.98 Å². The highest BCUT2D eigenvalue weighted by atomic mass is 32.1. The van der Waals surface area contributed by atoms with E-state index < -0.39 is 0 Å². The molecule has 0 saturated carbocycles. The minimum Gasteiger partial charge on any atom is -0.255 e. The van der Waals surface area contributed by atoms with Gasteiger partial charge in [0.15, 0.2) is 0 Å². The van der Waals surface area contributed by atoms with Crippen molar-refractivity contribution in [2.45, 2.75) is 47.0 Å². The van der Waals surface area contributed by atoms with Gasteiger partial charge in [0, 0.05) is 11.1 Å². The van der Waals surface area contributed by atoms with Crippen molar-refractivity contribution in [1.82, 2.24) is 4.98 Å². The fourth-order valence-corrected chi connectivity index (χ4v) is 3.13. The van der Waals surface area contributed by atoms with Gasteiger partial charge in [0.05, 0.1) is 10.2 Å². The summed E-state index contributed by atoms with van der Waals surface area (Å²) in [6, 6.07) is 4.15. The molecule has 0 aromatic carbocycles. The Labute approximate surface area is 115 Å². The Morgan fingerprint density at radius 3 is 2.67 bits per heavy atom. The van der Waals surface area contributed by atoms with E-state index >= 15 is 0 Å². The zero-order chi connectivity index (χ0) is 13.7. The molecule has 0 aliphatic rings. The van der Waals surface area contributed by atoms with E-state index in [1.54, 1.807) is 0 Å². The highest BCUT2D eigenvalue weighted by molar-refractivity contribution is 7.20. The van der Waals surface area contributed by atoms with Crippen LogP contribution in [0.1, 0.15) is 57.4 Å². The van der Waals surface area contributed by atoms with E-state index in [0.29, 0.717) is 5.92 Å². The second-order valence-corrected chi connectivity index (χ2v) is 5.34. The lowest BCUT2D eigenvalue weighted by atomic mass is 9.96. The van der Waals surface area contributed by atoms with Gasteiger partial charge in [0.1, 0.15) is 0 Å². The standard InChI is InChI=1S/C14H17NS.C2H6/c1-5-10(4)12-13-11(7-6-8-15-13)16-14(12)9(2)3;1-2/h6-8,10H,2,5H2,1,3-4H3;1-2H3. The molecular formula is C16H23NS. The molecule has 0 aliphatic heterocycles. The van der Waals surface area contributed by atoms with E-state index in [9.17, 15) is 0 Å². The third kappa shape index (κ3) is 2.81. The first kappa shape index (κ1) is 14.9. The average molecular weight is 261 g/mol. The van der Waals surface area contributed by atoms with Gasteiger partial charge in [-0.15, -0.1) is 11.3 Å². The number of allylic oxidation sites excluding steroid dienone is 1. The summed E-state index contributed by atoms with van der Waals surface area (Å²) in [5.74, 6) is 0.551. The Bertz CT molecular complexity index is 525. The third-order valence-corrected chi connectivity index (χ3v) is 4.30. The number of nitrogens with zero attached hydrogens (tertiary/aromatic N) is 1. The number of aromatic nitrogens is 1. The smallest absolute Gasteiger partial charge is 0.0850 e. The molecule has 0 saturated heterocycles. The topological polar surface area (TPSA) is 12.9 Å². The highest BCUT2D eigenvalue weighted by Crippen LogP contribution is 2.39. The molecule has 2 rings (SSSR count). The molecule has 0 fully saturated rings. The number of thiophene rings is 1. The van der Waals surface area contributed by atoms with Crippen molar-refractivity contribution in [2.75, 3.05) is 0 Å². The summed E-state index contributed by atoms with van der Waals surface area (Å²) in [4.78, 5) is 5.84. The largest absolute Gasteiger partial charge is 0.255 e. The number of fused-ring (bicyclic) bond motifs is 1. The lowest BCUT2D eigenvalue weighted by molar-refractivity contribution is 0.738. The molecule has 0 radical (unpaired) electrons. The van der Waals surface area contributed by atoms with Gasteiger partial charge >= 0.3 is 0 Å². The first-order valence-electron chi connectivity index (χ1n) is 6.68. The SMILES string of the molecule is C=C(C)c1sc2cccnc2c1C(C)CC.CC. The molecule has 1 unspecified atom stereocenters. The van der Waals surface area contributed by atoms with Crippen molar-refractivity contribution < 1.29 is 0 Å². The van der Waals surface area contributed by atoms with Crippen molar-refractivity contribution in [3.05, 3.63) is 35.3 Å². The third-order valence-electron chi connectivity index (χ3n) is 2.98. The van der Waals surface area contributed by atoms with Gasteiger partial charge in [-0.05, 0) is 42.5 Å². The minimum atomic E-state index is 0.551. The molecule has 0 spiro atoms. The Hall–Kier alpha value is -1.15. The Balaban J connectivity index is 0.000000771. The molecule has 0 N–H and O–H groups in total. The molecule has 18 heavy (non-hydrogen) atoms. The number of pyridine rings is 1. The van der Waals surface area contributed by atoms with E-state index in [2.05, 4.69) is 38.4 Å². The molecule has 1 atom stereocenters. The number of hydrogen-bond donors (Lipinski definition) is 0. The predicted octanol–water partition coefficient (Wildman–Crippen LogP) is 5.87. The van der Waals surface area contributed by atoms with Crippen molar-refractivity contribution >= 4 is 27.1 Å². The summed E-state index contributed by atoms with van der Waals surface area (Å²) in [6.45, 7) is 14.6. The minimum absolute atomic E-state index is 0.551. The molecule has 2 aromatic heterocycles. The van der Waals surface area contributed by atoms with Crippen molar-refractivity contribution in [2.24, 2.45) is 0 Å². The summed E-state index contributed by atoms with van der Waals surface area (Å²) in [5, 5.41) is 0. The lowest BCUT2D eigenvalue weighted by Gasteiger charge is -2.10. The Kier molecular flexibility index (Phi) is 5.54. The van der Waals surface area contributed by atoms with E-state index in [1.165, 1.54) is 20.7 Å². The summed E-state index contributed by atoms with van der Waals surface area (Å²) in [5.41, 5.74) is 3.70. The maximum absolute atomic E-state index is 4.52. The van der Waals surface area contributed by atoms with E-state index in [4.69, 9.17) is 0 Å². The maximum atomic E-state index is 4.52. The fraction of sp³-hybridized carbons (Fsp3) is 0.438. The first-order chi connectivity index (χ1) is 8.65. The summed E-state index contributed by atoms with van der Waals surface area (Å²) in [7, 11) is 0.